The number of fused-ring (bicyclic) bond motifs is 2. The Bertz CT molecular complexity index is 1480. The molecule has 0 N–H and O–H groups in total. The van der Waals surface area contributed by atoms with Gasteiger partial charge in [-0.2, -0.15) is 0 Å². The van der Waals surface area contributed by atoms with E-state index in [1.807, 2.05) is 26.0 Å². The topological polar surface area (TPSA) is 84.2 Å². The van der Waals surface area contributed by atoms with E-state index in [1.54, 1.807) is 49.6 Å². The second-order valence-electron chi connectivity index (χ2n) is 8.34. The maximum atomic E-state index is 13.6. The first-order chi connectivity index (χ1) is 16.9. The van der Waals surface area contributed by atoms with Gasteiger partial charge in [0.25, 0.3) is 0 Å². The van der Waals surface area contributed by atoms with Gasteiger partial charge in [-0.05, 0) is 73.5 Å². The highest BCUT2D eigenvalue weighted by Gasteiger charge is 2.22. The van der Waals surface area contributed by atoms with Crippen molar-refractivity contribution in [3.05, 3.63) is 81.5 Å². The molecule has 1 aliphatic rings. The van der Waals surface area contributed by atoms with Gasteiger partial charge in [0.2, 0.25) is 11.2 Å². The molecule has 0 aliphatic carbocycles. The van der Waals surface area contributed by atoms with E-state index in [1.165, 1.54) is 0 Å². The van der Waals surface area contributed by atoms with Crippen LogP contribution in [0, 0.1) is 13.8 Å². The quantitative estimate of drug-likeness (QED) is 0.360. The lowest BCUT2D eigenvalue weighted by molar-refractivity contribution is 0.0919. The molecule has 0 saturated heterocycles. The Morgan fingerprint density at radius 3 is 2.43 bits per heavy atom. The Hall–Kier alpha value is -4.26. The molecule has 0 radical (unpaired) electrons. The van der Waals surface area contributed by atoms with Crippen LogP contribution in [0.15, 0.2) is 63.8 Å². The lowest BCUT2D eigenvalue weighted by Gasteiger charge is -2.18. The molecule has 1 aliphatic heterocycles. The van der Waals surface area contributed by atoms with Crippen LogP contribution in [0.1, 0.15) is 21.5 Å². The molecule has 4 aromatic rings. The van der Waals surface area contributed by atoms with Gasteiger partial charge in [-0.25, -0.2) is 0 Å². The van der Waals surface area contributed by atoms with Gasteiger partial charge in [0.1, 0.15) is 24.5 Å². The molecule has 3 aromatic carbocycles. The van der Waals surface area contributed by atoms with E-state index < -0.39 is 0 Å². The van der Waals surface area contributed by atoms with Crippen molar-refractivity contribution in [1.82, 2.24) is 0 Å². The minimum Gasteiger partial charge on any atom is -0.497 e. The molecule has 0 unspecified atom stereocenters. The number of hydrogen-bond acceptors (Lipinski definition) is 7. The van der Waals surface area contributed by atoms with Crippen LogP contribution in [0.5, 0.6) is 23.0 Å². The molecule has 0 amide bonds. The van der Waals surface area contributed by atoms with Crippen LogP contribution in [0.4, 0.5) is 0 Å². The van der Waals surface area contributed by atoms with E-state index in [-0.39, 0.29) is 29.3 Å². The highest BCUT2D eigenvalue weighted by Crippen LogP contribution is 2.34. The number of hydrogen-bond donors (Lipinski definition) is 0. The number of Topliss-reactive ketones (excluding diaryl/α,β-unsaturated/α-hetero) is 1. The third-order valence-corrected chi connectivity index (χ3v) is 5.86. The zero-order valence-corrected chi connectivity index (χ0v) is 19.7. The highest BCUT2D eigenvalue weighted by molar-refractivity contribution is 5.98. The third-order valence-electron chi connectivity index (χ3n) is 5.86. The van der Waals surface area contributed by atoms with Gasteiger partial charge in [0, 0.05) is 11.1 Å². The minimum atomic E-state index is -0.343. The average molecular weight is 472 g/mol. The number of ketones is 1. The summed E-state index contributed by atoms with van der Waals surface area (Å²) in [5.74, 6) is 1.71. The van der Waals surface area contributed by atoms with Gasteiger partial charge in [-0.3, -0.25) is 9.59 Å². The summed E-state index contributed by atoms with van der Waals surface area (Å²) in [6.07, 6.45) is 0. The Balaban J connectivity index is 1.54. The van der Waals surface area contributed by atoms with Crippen LogP contribution >= 0.6 is 0 Å². The Morgan fingerprint density at radius 1 is 0.943 bits per heavy atom. The second kappa shape index (κ2) is 9.18. The predicted octanol–water partition coefficient (Wildman–Crippen LogP) is 5.12. The van der Waals surface area contributed by atoms with Crippen LogP contribution in [0.2, 0.25) is 0 Å². The Labute approximate surface area is 201 Å². The first-order valence-corrected chi connectivity index (χ1v) is 11.2. The van der Waals surface area contributed by atoms with E-state index >= 15 is 0 Å². The lowest BCUT2D eigenvalue weighted by atomic mass is 10.0. The van der Waals surface area contributed by atoms with E-state index in [4.69, 9.17) is 23.4 Å². The summed E-state index contributed by atoms with van der Waals surface area (Å²) in [4.78, 5) is 26.5. The maximum Gasteiger partial charge on any atom is 0.235 e. The standard InChI is InChI=1S/C28H24O7/c1-16-12-17(2)25-24(13-16)35-27(18-4-7-20(31-3)8-5-18)28(26(25)30)34-15-21(29)19-6-9-22-23(14-19)33-11-10-32-22/h4-9,12-14H,10-11,15H2,1-3H3. The molecule has 0 spiro atoms. The molecule has 7 heteroatoms. The number of rotatable bonds is 6. The summed E-state index contributed by atoms with van der Waals surface area (Å²) in [6.45, 7) is 4.33. The highest BCUT2D eigenvalue weighted by atomic mass is 16.6. The number of carbonyl (C=O) groups is 1. The molecule has 35 heavy (non-hydrogen) atoms. The zero-order valence-electron chi connectivity index (χ0n) is 19.7. The van der Waals surface area contributed by atoms with Gasteiger partial charge >= 0.3 is 0 Å². The molecule has 0 fully saturated rings. The maximum absolute atomic E-state index is 13.6. The van der Waals surface area contributed by atoms with E-state index in [9.17, 15) is 9.59 Å². The van der Waals surface area contributed by atoms with Crippen molar-refractivity contribution in [1.29, 1.82) is 0 Å². The van der Waals surface area contributed by atoms with Crippen molar-refractivity contribution >= 4 is 16.8 Å². The van der Waals surface area contributed by atoms with Crippen molar-refractivity contribution in [2.45, 2.75) is 13.8 Å². The molecule has 0 atom stereocenters. The molecule has 5 rings (SSSR count). The minimum absolute atomic E-state index is 0.0134. The molecule has 7 nitrogen and oxygen atoms in total. The van der Waals surface area contributed by atoms with Gasteiger partial charge in [0.05, 0.1) is 12.5 Å². The fourth-order valence-corrected chi connectivity index (χ4v) is 4.17. The second-order valence-corrected chi connectivity index (χ2v) is 8.34. The average Bonchev–Trinajstić information content (AvgIpc) is 2.87. The zero-order chi connectivity index (χ0) is 24.5. The predicted molar refractivity (Wildman–Crippen MR) is 131 cm³/mol. The largest absolute Gasteiger partial charge is 0.497 e. The van der Waals surface area contributed by atoms with Gasteiger partial charge in [0.15, 0.2) is 29.6 Å². The first-order valence-electron chi connectivity index (χ1n) is 11.2. The Kier molecular flexibility index (Phi) is 5.91. The van der Waals surface area contributed by atoms with Gasteiger partial charge in [-0.15, -0.1) is 0 Å². The van der Waals surface area contributed by atoms with E-state index in [0.717, 1.165) is 11.1 Å². The molecule has 0 saturated carbocycles. The van der Waals surface area contributed by atoms with Gasteiger partial charge in [-0.1, -0.05) is 6.07 Å². The number of ether oxygens (including phenoxy) is 4. The summed E-state index contributed by atoms with van der Waals surface area (Å²) >= 11 is 0. The number of aryl methyl sites for hydroxylation is 2. The van der Waals surface area contributed by atoms with Crippen LogP contribution in [0.25, 0.3) is 22.3 Å². The van der Waals surface area contributed by atoms with Crippen molar-refractivity contribution in [2.24, 2.45) is 0 Å². The summed E-state index contributed by atoms with van der Waals surface area (Å²) in [5.41, 5.74) is 2.91. The Morgan fingerprint density at radius 2 is 1.69 bits per heavy atom. The normalized spacial score (nSPS) is 12.4. The van der Waals surface area contributed by atoms with Crippen LogP contribution in [0.3, 0.4) is 0 Å². The monoisotopic (exact) mass is 472 g/mol. The van der Waals surface area contributed by atoms with Crippen LogP contribution in [-0.2, 0) is 0 Å². The van der Waals surface area contributed by atoms with Crippen LogP contribution in [-0.4, -0.2) is 32.7 Å². The lowest BCUT2D eigenvalue weighted by Crippen LogP contribution is -2.19. The van der Waals surface area contributed by atoms with E-state index in [0.29, 0.717) is 52.6 Å². The number of carbonyl (C=O) groups excluding carboxylic acids is 1. The molecular weight excluding hydrogens is 448 g/mol. The van der Waals surface area contributed by atoms with E-state index in [2.05, 4.69) is 0 Å². The van der Waals surface area contributed by atoms with Crippen LogP contribution < -0.4 is 24.4 Å². The first kappa shape index (κ1) is 22.5. The smallest absolute Gasteiger partial charge is 0.235 e. The third kappa shape index (κ3) is 4.33. The summed E-state index contributed by atoms with van der Waals surface area (Å²) in [6, 6.07) is 15.8. The molecule has 178 valence electrons. The molecule has 2 heterocycles. The van der Waals surface area contributed by atoms with Crippen molar-refractivity contribution < 1.29 is 28.2 Å². The van der Waals surface area contributed by atoms with Crippen molar-refractivity contribution in [3.63, 3.8) is 0 Å². The number of benzene rings is 3. The van der Waals surface area contributed by atoms with Crippen molar-refractivity contribution in [2.75, 3.05) is 26.9 Å². The molecule has 0 bridgehead atoms. The number of methoxy groups -OCH3 is 1. The fraction of sp³-hybridized carbons (Fsp3) is 0.214. The summed E-state index contributed by atoms with van der Waals surface area (Å²) in [5, 5.41) is 0.426. The molecular formula is C28H24O7. The summed E-state index contributed by atoms with van der Waals surface area (Å²) < 4.78 is 28.4. The molecule has 1 aromatic heterocycles. The van der Waals surface area contributed by atoms with Gasteiger partial charge < -0.3 is 23.4 Å². The SMILES string of the molecule is COc1ccc(-c2oc3cc(C)cc(C)c3c(=O)c2OCC(=O)c2ccc3c(c2)OCCO3)cc1. The fourth-order valence-electron chi connectivity index (χ4n) is 4.17. The van der Waals surface area contributed by atoms with Crippen molar-refractivity contribution in [3.8, 4) is 34.3 Å². The summed E-state index contributed by atoms with van der Waals surface area (Å²) in [7, 11) is 1.58.